The van der Waals surface area contributed by atoms with Gasteiger partial charge in [-0.05, 0) is 40.0 Å². The van der Waals surface area contributed by atoms with Gasteiger partial charge in [-0.15, -0.1) is 0 Å². The maximum atomic E-state index is 12.4. The van der Waals surface area contributed by atoms with Gasteiger partial charge in [0.1, 0.15) is 0 Å². The fourth-order valence-corrected chi connectivity index (χ4v) is 8.12. The zero-order chi connectivity index (χ0) is 27.4. The Kier molecular flexibility index (Phi) is 20.9. The van der Waals surface area contributed by atoms with E-state index in [-0.39, 0.29) is 12.1 Å². The normalized spacial score (nSPS) is 13.0. The molecular formula is C21H44F6O6Si2. The first-order valence-corrected chi connectivity index (χ1v) is 16.1. The van der Waals surface area contributed by atoms with Crippen LogP contribution in [0.15, 0.2) is 0 Å². The summed E-state index contributed by atoms with van der Waals surface area (Å²) >= 11 is 0. The molecule has 35 heavy (non-hydrogen) atoms. The molecule has 6 nitrogen and oxygen atoms in total. The average Bonchev–Trinajstić information content (AvgIpc) is 2.77. The molecule has 0 aliphatic rings. The van der Waals surface area contributed by atoms with E-state index in [9.17, 15) is 26.3 Å². The van der Waals surface area contributed by atoms with Crippen LogP contribution in [0.3, 0.4) is 0 Å². The van der Waals surface area contributed by atoms with E-state index in [4.69, 9.17) is 26.6 Å². The molecule has 0 spiro atoms. The van der Waals surface area contributed by atoms with Crippen LogP contribution in [-0.4, -0.2) is 69.6 Å². The maximum absolute atomic E-state index is 12.4. The van der Waals surface area contributed by atoms with E-state index >= 15 is 0 Å². The Morgan fingerprint density at radius 1 is 0.457 bits per heavy atom. The molecule has 0 aliphatic carbocycles. The van der Waals surface area contributed by atoms with Gasteiger partial charge in [-0.2, -0.15) is 26.3 Å². The van der Waals surface area contributed by atoms with Crippen LogP contribution in [0.25, 0.3) is 0 Å². The highest BCUT2D eigenvalue weighted by Gasteiger charge is 2.45. The van der Waals surface area contributed by atoms with E-state index in [0.29, 0.717) is 39.6 Å². The maximum Gasteiger partial charge on any atom is 0.501 e. The molecule has 14 heteroatoms. The van der Waals surface area contributed by atoms with Crippen molar-refractivity contribution in [3.63, 3.8) is 0 Å². The summed E-state index contributed by atoms with van der Waals surface area (Å²) in [5.74, 6) is 0. The minimum atomic E-state index is -4.21. The zero-order valence-electron chi connectivity index (χ0n) is 21.9. The number of rotatable bonds is 19. The van der Waals surface area contributed by atoms with E-state index in [1.165, 1.54) is 0 Å². The average molecular weight is 563 g/mol. The Morgan fingerprint density at radius 2 is 0.714 bits per heavy atom. The molecule has 0 rings (SSSR count). The van der Waals surface area contributed by atoms with E-state index in [1.54, 1.807) is 20.8 Å². The third-order valence-electron chi connectivity index (χ3n) is 4.10. The number of alkyl halides is 6. The minimum Gasteiger partial charge on any atom is -0.374 e. The highest BCUT2D eigenvalue weighted by molar-refractivity contribution is 6.61. The molecule has 0 bridgehead atoms. The highest BCUT2D eigenvalue weighted by atomic mass is 28.4. The molecule has 0 fully saturated rings. The Bertz CT molecular complexity index is 459. The van der Waals surface area contributed by atoms with Crippen LogP contribution in [0.1, 0.15) is 73.6 Å². The van der Waals surface area contributed by atoms with Crippen molar-refractivity contribution in [2.45, 2.75) is 98.1 Å². The molecule has 0 heterocycles. The fraction of sp³-hybridized carbons (Fsp3) is 1.00. The molecular weight excluding hydrogens is 518 g/mol. The summed E-state index contributed by atoms with van der Waals surface area (Å²) in [6.45, 7) is 12.9. The topological polar surface area (TPSA) is 55.4 Å². The second-order valence-corrected chi connectivity index (χ2v) is 12.9. The van der Waals surface area contributed by atoms with Crippen LogP contribution in [-0.2, 0) is 26.6 Å². The van der Waals surface area contributed by atoms with Crippen LogP contribution < -0.4 is 0 Å². The van der Waals surface area contributed by atoms with Crippen LogP contribution in [0.5, 0.6) is 0 Å². The van der Waals surface area contributed by atoms with Crippen molar-refractivity contribution in [1.29, 1.82) is 0 Å². The lowest BCUT2D eigenvalue weighted by Gasteiger charge is -2.30. The predicted molar refractivity (Wildman–Crippen MR) is 126 cm³/mol. The zero-order valence-corrected chi connectivity index (χ0v) is 23.9. The molecule has 0 N–H and O–H groups in total. The van der Waals surface area contributed by atoms with Gasteiger partial charge >= 0.3 is 30.0 Å². The molecule has 0 amide bonds. The summed E-state index contributed by atoms with van der Waals surface area (Å²) < 4.78 is 106. The van der Waals surface area contributed by atoms with Gasteiger partial charge in [0.25, 0.3) is 0 Å². The number of hydrogen-bond acceptors (Lipinski definition) is 6. The molecule has 0 unspecified atom stereocenters. The Morgan fingerprint density at radius 3 is 0.914 bits per heavy atom. The van der Waals surface area contributed by atoms with Crippen LogP contribution in [0.2, 0.25) is 12.1 Å². The largest absolute Gasteiger partial charge is 0.501 e. The Balaban J connectivity index is 0. The summed E-state index contributed by atoms with van der Waals surface area (Å²) in [5.41, 5.74) is 0. The summed E-state index contributed by atoms with van der Waals surface area (Å²) in [6, 6.07) is -0.414. The van der Waals surface area contributed by atoms with Gasteiger partial charge < -0.3 is 26.6 Å². The van der Waals surface area contributed by atoms with Crippen molar-refractivity contribution in [1.82, 2.24) is 0 Å². The van der Waals surface area contributed by atoms with Gasteiger partial charge in [0.05, 0.1) is 0 Å². The lowest BCUT2D eigenvalue weighted by atomic mass is 10.5. The van der Waals surface area contributed by atoms with Crippen molar-refractivity contribution < 1.29 is 52.9 Å². The lowest BCUT2D eigenvalue weighted by molar-refractivity contribution is -0.134. The van der Waals surface area contributed by atoms with E-state index in [2.05, 4.69) is 0 Å². The van der Waals surface area contributed by atoms with E-state index in [0.717, 1.165) is 19.3 Å². The van der Waals surface area contributed by atoms with Gasteiger partial charge in [-0.1, -0.05) is 20.8 Å². The Hall–Kier alpha value is -0.226. The van der Waals surface area contributed by atoms with Gasteiger partial charge in [-0.25, -0.2) is 0 Å². The first-order valence-electron chi connectivity index (χ1n) is 12.2. The number of halogens is 6. The standard InChI is InChI=1S/C12H25F3O3Si.C9H19F3O3Si/c1-4-8-16-19(17-9-5-2,18-10-6-3)11-7-12(13,14)15;1-4-13-16(14-5-2,15-6-3)8-7-9(10,11)12/h4-11H2,1-3H3;4-8H2,1-3H3. The van der Waals surface area contributed by atoms with Gasteiger partial charge in [0.15, 0.2) is 0 Å². The Labute approximate surface area is 208 Å². The van der Waals surface area contributed by atoms with E-state index in [1.807, 2.05) is 20.8 Å². The highest BCUT2D eigenvalue weighted by Crippen LogP contribution is 2.29. The second-order valence-electron chi connectivity index (χ2n) is 7.44. The minimum absolute atomic E-state index is 0.198. The van der Waals surface area contributed by atoms with Crippen molar-refractivity contribution in [3.05, 3.63) is 0 Å². The molecule has 0 aliphatic heterocycles. The SMILES string of the molecule is CCCO[Si](CCC(F)(F)F)(OCCC)OCCC.CCO[Si](CCC(F)(F)F)(OCC)OCC. The van der Waals surface area contributed by atoms with Crippen LogP contribution in [0, 0.1) is 0 Å². The fourth-order valence-electron chi connectivity index (χ4n) is 2.71. The van der Waals surface area contributed by atoms with Crippen molar-refractivity contribution >= 4 is 17.6 Å². The van der Waals surface area contributed by atoms with Gasteiger partial charge in [-0.3, -0.25) is 0 Å². The monoisotopic (exact) mass is 562 g/mol. The summed E-state index contributed by atoms with van der Waals surface area (Å²) in [4.78, 5) is 0. The molecule has 0 aromatic carbocycles. The predicted octanol–water partition coefficient (Wildman–Crippen LogP) is 7.14. The molecule has 0 radical (unpaired) electrons. The first kappa shape index (κ1) is 36.9. The summed E-state index contributed by atoms with van der Waals surface area (Å²) in [5, 5.41) is 0. The van der Waals surface area contributed by atoms with Gasteiger partial charge in [0.2, 0.25) is 0 Å². The molecule has 0 atom stereocenters. The van der Waals surface area contributed by atoms with Gasteiger partial charge in [0, 0.05) is 64.6 Å². The third-order valence-corrected chi connectivity index (χ3v) is 9.94. The quantitative estimate of drug-likeness (QED) is 0.123. The third kappa shape index (κ3) is 20.5. The molecule has 0 aromatic rings. The second kappa shape index (κ2) is 19.8. The van der Waals surface area contributed by atoms with Crippen molar-refractivity contribution in [3.8, 4) is 0 Å². The van der Waals surface area contributed by atoms with Crippen molar-refractivity contribution in [2.75, 3.05) is 39.6 Å². The summed E-state index contributed by atoms with van der Waals surface area (Å²) in [7, 11) is -6.31. The molecule has 0 saturated heterocycles. The summed E-state index contributed by atoms with van der Waals surface area (Å²) in [6.07, 6.45) is -8.08. The molecule has 214 valence electrons. The van der Waals surface area contributed by atoms with E-state index < -0.39 is 42.8 Å². The van der Waals surface area contributed by atoms with Crippen LogP contribution in [0.4, 0.5) is 26.3 Å². The first-order chi connectivity index (χ1) is 16.3. The smallest absolute Gasteiger partial charge is 0.374 e. The van der Waals surface area contributed by atoms with Crippen molar-refractivity contribution in [2.24, 2.45) is 0 Å². The number of hydrogen-bond donors (Lipinski definition) is 0. The molecule has 0 saturated carbocycles. The lowest BCUT2D eigenvalue weighted by Crippen LogP contribution is -2.47. The molecule has 0 aromatic heterocycles. The van der Waals surface area contributed by atoms with Crippen LogP contribution >= 0.6 is 0 Å².